The van der Waals surface area contributed by atoms with Crippen molar-refractivity contribution in [2.75, 3.05) is 46.2 Å². The van der Waals surface area contributed by atoms with E-state index in [1.165, 1.54) is 16.8 Å². The molecule has 0 amide bonds. The van der Waals surface area contributed by atoms with Crippen molar-refractivity contribution in [2.45, 2.75) is 19.6 Å². The number of fused-ring (bicyclic) bond motifs is 1. The molecule has 8 nitrogen and oxygen atoms in total. The molecule has 216 valence electrons. The molecular formula is C34H33N7OS. The molecule has 0 spiro atoms. The van der Waals surface area contributed by atoms with Gasteiger partial charge < -0.3 is 29.8 Å². The third kappa shape index (κ3) is 6.17. The molecule has 0 atom stereocenters. The highest BCUT2D eigenvalue weighted by Crippen LogP contribution is 2.30. The van der Waals surface area contributed by atoms with Gasteiger partial charge in [0.2, 0.25) is 5.95 Å². The number of nitrogens with one attached hydrogen (secondary N) is 2. The van der Waals surface area contributed by atoms with E-state index >= 15 is 0 Å². The monoisotopic (exact) mass is 587 g/mol. The van der Waals surface area contributed by atoms with E-state index in [2.05, 4.69) is 86.0 Å². The van der Waals surface area contributed by atoms with Crippen LogP contribution in [0.15, 0.2) is 108 Å². The van der Waals surface area contributed by atoms with Crippen molar-refractivity contribution in [3.63, 3.8) is 0 Å². The summed E-state index contributed by atoms with van der Waals surface area (Å²) in [6.45, 7) is 5.68. The molecule has 5 aromatic rings. The smallest absolute Gasteiger partial charge is 0.232 e. The molecule has 2 aromatic heterocycles. The van der Waals surface area contributed by atoms with Gasteiger partial charge in [0.05, 0.1) is 6.54 Å². The molecule has 0 radical (unpaired) electrons. The zero-order chi connectivity index (χ0) is 29.0. The maximum absolute atomic E-state index is 6.03. The Kier molecular flexibility index (Phi) is 7.62. The maximum atomic E-state index is 6.03. The largest absolute Gasteiger partial charge is 0.459 e. The summed E-state index contributed by atoms with van der Waals surface area (Å²) in [5, 5.41) is 6.94. The molecule has 1 fully saturated rings. The second kappa shape index (κ2) is 12.1. The normalized spacial score (nSPS) is 14.5. The Morgan fingerprint density at radius 3 is 2.00 bits per heavy atom. The Labute approximate surface area is 257 Å². The molecule has 2 aliphatic heterocycles. The standard InChI is InChI=1S/C34H33N7OS/c43-34(35-22-29-15-16-30(42-29)25-9-3-1-4-10-25)38-33-36-31(40-19-17-39(18-20-40)28-13-5-2-6-14-28)21-32(37-33)41-23-26-11-7-8-12-27(26)24-41/h1-16,21H,17-20,22-24H2,(H2,35,36,37,38,43). The zero-order valence-electron chi connectivity index (χ0n) is 23.8. The summed E-state index contributed by atoms with van der Waals surface area (Å²) in [6, 6.07) is 35.3. The minimum absolute atomic E-state index is 0.444. The van der Waals surface area contributed by atoms with Gasteiger partial charge in [0.25, 0.3) is 0 Å². The minimum atomic E-state index is 0.444. The lowest BCUT2D eigenvalue weighted by molar-refractivity contribution is 0.516. The predicted molar refractivity (Wildman–Crippen MR) is 176 cm³/mol. The van der Waals surface area contributed by atoms with Crippen LogP contribution in [0.3, 0.4) is 0 Å². The third-order valence-corrected chi connectivity index (χ3v) is 8.20. The second-order valence-corrected chi connectivity index (χ2v) is 11.2. The highest BCUT2D eigenvalue weighted by Gasteiger charge is 2.24. The number of thiocarbonyl (C=S) groups is 1. The fraction of sp³-hybridized carbons (Fsp3) is 0.206. The SMILES string of the molecule is S=C(NCc1ccc(-c2ccccc2)o1)Nc1nc(N2CCN(c3ccccc3)CC2)cc(N2Cc3ccccc3C2)n1. The third-order valence-electron chi connectivity index (χ3n) is 7.96. The lowest BCUT2D eigenvalue weighted by atomic mass is 10.1. The predicted octanol–water partition coefficient (Wildman–Crippen LogP) is 6.07. The highest BCUT2D eigenvalue weighted by atomic mass is 32.1. The van der Waals surface area contributed by atoms with Crippen LogP contribution in [0.25, 0.3) is 11.3 Å². The van der Waals surface area contributed by atoms with E-state index in [1.807, 2.05) is 42.5 Å². The van der Waals surface area contributed by atoms with Gasteiger partial charge in [-0.05, 0) is 47.6 Å². The van der Waals surface area contributed by atoms with E-state index in [0.717, 1.165) is 68.0 Å². The zero-order valence-corrected chi connectivity index (χ0v) is 24.6. The van der Waals surface area contributed by atoms with Crippen LogP contribution in [0.1, 0.15) is 16.9 Å². The summed E-state index contributed by atoms with van der Waals surface area (Å²) in [6.07, 6.45) is 0. The Morgan fingerprint density at radius 1 is 0.698 bits per heavy atom. The van der Waals surface area contributed by atoms with Crippen molar-refractivity contribution in [1.82, 2.24) is 15.3 Å². The van der Waals surface area contributed by atoms with E-state index in [0.29, 0.717) is 17.6 Å². The van der Waals surface area contributed by atoms with Crippen molar-refractivity contribution in [3.8, 4) is 11.3 Å². The number of nitrogens with zero attached hydrogens (tertiary/aromatic N) is 5. The molecule has 7 rings (SSSR count). The van der Waals surface area contributed by atoms with Gasteiger partial charge >= 0.3 is 0 Å². The van der Waals surface area contributed by atoms with Gasteiger partial charge in [-0.3, -0.25) is 0 Å². The van der Waals surface area contributed by atoms with Gasteiger partial charge in [0.15, 0.2) is 5.11 Å². The number of aromatic nitrogens is 2. The number of para-hydroxylation sites is 1. The number of furan rings is 1. The number of piperazine rings is 1. The average Bonchev–Trinajstić information content (AvgIpc) is 3.72. The summed E-state index contributed by atoms with van der Waals surface area (Å²) >= 11 is 5.66. The quantitative estimate of drug-likeness (QED) is 0.221. The molecule has 0 bridgehead atoms. The topological polar surface area (TPSA) is 72.7 Å². The minimum Gasteiger partial charge on any atom is -0.459 e. The second-order valence-electron chi connectivity index (χ2n) is 10.8. The Hall–Kier alpha value is -4.89. The van der Waals surface area contributed by atoms with Crippen LogP contribution >= 0.6 is 12.2 Å². The van der Waals surface area contributed by atoms with E-state index in [9.17, 15) is 0 Å². The van der Waals surface area contributed by atoms with Crippen LogP contribution < -0.4 is 25.3 Å². The van der Waals surface area contributed by atoms with Crippen LogP contribution in [0.2, 0.25) is 0 Å². The summed E-state index contributed by atoms with van der Waals surface area (Å²) in [5.41, 5.74) is 4.96. The Bertz CT molecular complexity index is 1680. The molecule has 9 heteroatoms. The van der Waals surface area contributed by atoms with Crippen LogP contribution in [-0.2, 0) is 19.6 Å². The Balaban J connectivity index is 1.06. The van der Waals surface area contributed by atoms with Crippen molar-refractivity contribution in [3.05, 3.63) is 120 Å². The van der Waals surface area contributed by atoms with E-state index in [-0.39, 0.29) is 0 Å². The number of benzene rings is 3. The van der Waals surface area contributed by atoms with Gasteiger partial charge in [0.1, 0.15) is 23.2 Å². The average molecular weight is 588 g/mol. The molecule has 2 aliphatic rings. The van der Waals surface area contributed by atoms with Crippen LogP contribution in [0, 0.1) is 0 Å². The number of hydrogen-bond acceptors (Lipinski definition) is 7. The summed E-state index contributed by atoms with van der Waals surface area (Å²) in [7, 11) is 0. The fourth-order valence-corrected chi connectivity index (χ4v) is 5.84. The lowest BCUT2D eigenvalue weighted by Crippen LogP contribution is -2.47. The summed E-state index contributed by atoms with van der Waals surface area (Å²) in [4.78, 5) is 16.9. The van der Waals surface area contributed by atoms with Gasteiger partial charge in [0, 0.05) is 56.6 Å². The van der Waals surface area contributed by atoms with Crippen molar-refractivity contribution in [1.29, 1.82) is 0 Å². The first-order chi connectivity index (χ1) is 21.2. The molecule has 0 unspecified atom stereocenters. The van der Waals surface area contributed by atoms with E-state index in [1.54, 1.807) is 0 Å². The first-order valence-corrected chi connectivity index (χ1v) is 15.0. The fourth-order valence-electron chi connectivity index (χ4n) is 5.67. The molecular weight excluding hydrogens is 554 g/mol. The lowest BCUT2D eigenvalue weighted by Gasteiger charge is -2.37. The summed E-state index contributed by atoms with van der Waals surface area (Å²) < 4.78 is 6.03. The van der Waals surface area contributed by atoms with Gasteiger partial charge in [-0.1, -0.05) is 72.8 Å². The van der Waals surface area contributed by atoms with Crippen LogP contribution in [0.5, 0.6) is 0 Å². The van der Waals surface area contributed by atoms with Crippen LogP contribution in [-0.4, -0.2) is 41.3 Å². The van der Waals surface area contributed by atoms with Crippen molar-refractivity contribution >= 4 is 40.6 Å². The van der Waals surface area contributed by atoms with E-state index < -0.39 is 0 Å². The van der Waals surface area contributed by atoms with Crippen LogP contribution in [0.4, 0.5) is 23.3 Å². The Morgan fingerprint density at radius 2 is 1.30 bits per heavy atom. The number of rotatable bonds is 7. The van der Waals surface area contributed by atoms with Gasteiger partial charge in [-0.2, -0.15) is 9.97 Å². The molecule has 0 saturated carbocycles. The first-order valence-electron chi connectivity index (χ1n) is 14.6. The van der Waals surface area contributed by atoms with Gasteiger partial charge in [-0.15, -0.1) is 0 Å². The molecule has 0 aliphatic carbocycles. The number of anilines is 4. The van der Waals surface area contributed by atoms with Crippen molar-refractivity contribution in [2.24, 2.45) is 0 Å². The molecule has 3 aromatic carbocycles. The maximum Gasteiger partial charge on any atom is 0.232 e. The highest BCUT2D eigenvalue weighted by molar-refractivity contribution is 7.80. The first kappa shape index (κ1) is 27.0. The van der Waals surface area contributed by atoms with Crippen molar-refractivity contribution < 1.29 is 4.42 Å². The van der Waals surface area contributed by atoms with E-state index in [4.69, 9.17) is 26.6 Å². The summed E-state index contributed by atoms with van der Waals surface area (Å²) in [5.74, 6) is 3.89. The molecule has 43 heavy (non-hydrogen) atoms. The van der Waals surface area contributed by atoms with Gasteiger partial charge in [-0.25, -0.2) is 0 Å². The molecule has 1 saturated heterocycles. The number of hydrogen-bond donors (Lipinski definition) is 2. The molecule has 2 N–H and O–H groups in total. The molecule has 4 heterocycles.